The molecule has 6 atom stereocenters. The Hall–Kier alpha value is -4.39. The Bertz CT molecular complexity index is 1750. The molecule has 9 nitrogen and oxygen atoms in total. The highest BCUT2D eigenvalue weighted by atomic mass is 19.3. The molecular formula is C42H45F2NO8. The molecule has 2 heterocycles. The molecular weight excluding hydrogens is 684 g/mol. The van der Waals surface area contributed by atoms with E-state index in [0.717, 1.165) is 27.8 Å². The second-order valence-corrected chi connectivity index (χ2v) is 13.7. The summed E-state index contributed by atoms with van der Waals surface area (Å²) >= 11 is 0. The van der Waals surface area contributed by atoms with Crippen molar-refractivity contribution in [1.29, 1.82) is 0 Å². The van der Waals surface area contributed by atoms with Crippen molar-refractivity contribution < 1.29 is 46.7 Å². The van der Waals surface area contributed by atoms with Gasteiger partial charge in [-0.05, 0) is 52.8 Å². The van der Waals surface area contributed by atoms with Crippen molar-refractivity contribution in [3.05, 3.63) is 131 Å². The van der Waals surface area contributed by atoms with Gasteiger partial charge in [0, 0.05) is 18.4 Å². The van der Waals surface area contributed by atoms with Gasteiger partial charge < -0.3 is 38.5 Å². The van der Waals surface area contributed by atoms with Gasteiger partial charge in [-0.3, -0.25) is 4.79 Å². The average molecular weight is 730 g/mol. The fraction of sp³-hybridized carbons (Fsp3) is 0.405. The van der Waals surface area contributed by atoms with E-state index in [1.807, 2.05) is 103 Å². The number of nitrogens with one attached hydrogen (secondary N) is 1. The van der Waals surface area contributed by atoms with E-state index in [1.54, 1.807) is 0 Å². The lowest BCUT2D eigenvalue weighted by atomic mass is 9.79. The van der Waals surface area contributed by atoms with E-state index < -0.39 is 42.9 Å². The van der Waals surface area contributed by atoms with Crippen LogP contribution in [0.5, 0.6) is 11.5 Å². The second-order valence-electron chi connectivity index (χ2n) is 13.7. The maximum absolute atomic E-state index is 16.7. The van der Waals surface area contributed by atoms with Crippen molar-refractivity contribution in [3.8, 4) is 11.5 Å². The maximum Gasteiger partial charge on any atom is 0.293 e. The first kappa shape index (κ1) is 36.9. The van der Waals surface area contributed by atoms with Crippen LogP contribution >= 0.6 is 0 Å². The zero-order chi connectivity index (χ0) is 36.5. The summed E-state index contributed by atoms with van der Waals surface area (Å²) in [7, 11) is 0. The van der Waals surface area contributed by atoms with Crippen LogP contribution in [-0.4, -0.2) is 63.4 Å². The number of hydrogen-bond donors (Lipinski definition) is 1. The Morgan fingerprint density at radius 2 is 1.42 bits per heavy atom. The highest BCUT2D eigenvalue weighted by molar-refractivity contribution is 5.51. The standard InChI is InChI=1S/C42H45F2NO8/c43-42(44,26-45-40-33(24-48-27-46)17-16-32-18-35-36(19-34(32)40)52-28-51-35)39-20-37(49-22-30-12-6-2-7-13-30)41(50-23-31-14-8-3-9-15-31)38(53-39)25-47-21-29-10-4-1-5-11-29/h1-15,18-19,27,33,37-41,45H,16-17,20-26,28H2/t33?,37?,38?,39?,40?,41-/m0/s1. The smallest absolute Gasteiger partial charge is 0.293 e. The minimum atomic E-state index is -3.33. The van der Waals surface area contributed by atoms with Gasteiger partial charge in [0.25, 0.3) is 12.4 Å². The van der Waals surface area contributed by atoms with Crippen molar-refractivity contribution in [2.75, 3.05) is 26.6 Å². The van der Waals surface area contributed by atoms with Gasteiger partial charge in [0.15, 0.2) is 11.5 Å². The monoisotopic (exact) mass is 729 g/mol. The largest absolute Gasteiger partial charge is 0.468 e. The molecule has 0 saturated carbocycles. The highest BCUT2D eigenvalue weighted by Gasteiger charge is 2.51. The average Bonchev–Trinajstić information content (AvgIpc) is 3.66. The van der Waals surface area contributed by atoms with E-state index in [0.29, 0.717) is 30.8 Å². The first-order valence-electron chi connectivity index (χ1n) is 18.1. The normalized spacial score (nSPS) is 23.7. The third kappa shape index (κ3) is 9.41. The molecule has 4 aromatic rings. The maximum atomic E-state index is 16.7. The van der Waals surface area contributed by atoms with Gasteiger partial charge >= 0.3 is 0 Å². The summed E-state index contributed by atoms with van der Waals surface area (Å²) in [5.74, 6) is -2.36. The van der Waals surface area contributed by atoms with Gasteiger partial charge in [0.2, 0.25) is 6.79 Å². The second kappa shape index (κ2) is 17.6. The lowest BCUT2D eigenvalue weighted by Crippen LogP contribution is -2.58. The number of alkyl halides is 2. The predicted molar refractivity (Wildman–Crippen MR) is 191 cm³/mol. The molecule has 2 aliphatic heterocycles. The SMILES string of the molecule is O=COCC1CCc2cc3c(cc2C1NCC(F)(F)C1CC(OCc2ccccc2)[C@H](OCc2ccccc2)C(COCc2ccccc2)O1)OCO3. The van der Waals surface area contributed by atoms with Crippen LogP contribution in [0.4, 0.5) is 8.78 Å². The molecule has 4 aromatic carbocycles. The number of rotatable bonds is 17. The molecule has 0 radical (unpaired) electrons. The third-order valence-corrected chi connectivity index (χ3v) is 10.1. The fourth-order valence-electron chi connectivity index (χ4n) is 7.37. The number of carbonyl (C=O) groups is 1. The number of benzene rings is 4. The Morgan fingerprint density at radius 3 is 2.08 bits per heavy atom. The van der Waals surface area contributed by atoms with E-state index in [9.17, 15) is 4.79 Å². The van der Waals surface area contributed by atoms with E-state index in [4.69, 9.17) is 33.2 Å². The number of aryl methyl sites for hydroxylation is 1. The Labute approximate surface area is 308 Å². The molecule has 1 fully saturated rings. The Balaban J connectivity index is 1.12. The summed E-state index contributed by atoms with van der Waals surface area (Å²) in [5, 5.41) is 3.15. The van der Waals surface area contributed by atoms with Crippen molar-refractivity contribution in [2.45, 2.75) is 75.5 Å². The van der Waals surface area contributed by atoms with Crippen LogP contribution in [0.3, 0.4) is 0 Å². The lowest BCUT2D eigenvalue weighted by molar-refractivity contribution is -0.261. The molecule has 11 heteroatoms. The Kier molecular flexibility index (Phi) is 12.3. The first-order valence-corrected chi connectivity index (χ1v) is 18.1. The molecule has 7 rings (SSSR count). The van der Waals surface area contributed by atoms with Crippen LogP contribution in [0.2, 0.25) is 0 Å². The highest BCUT2D eigenvalue weighted by Crippen LogP contribution is 2.43. The van der Waals surface area contributed by atoms with E-state index >= 15 is 8.78 Å². The van der Waals surface area contributed by atoms with Crippen molar-refractivity contribution in [2.24, 2.45) is 5.92 Å². The molecule has 0 aromatic heterocycles. The molecule has 1 N–H and O–H groups in total. The quantitative estimate of drug-likeness (QED) is 0.116. The Morgan fingerprint density at radius 1 is 0.792 bits per heavy atom. The number of fused-ring (bicyclic) bond motifs is 2. The van der Waals surface area contributed by atoms with Crippen molar-refractivity contribution in [1.82, 2.24) is 5.32 Å². The zero-order valence-electron chi connectivity index (χ0n) is 29.4. The summed E-state index contributed by atoms with van der Waals surface area (Å²) in [6.45, 7) is 0.679. The molecule has 5 unspecified atom stereocenters. The van der Waals surface area contributed by atoms with Crippen LogP contribution in [0.25, 0.3) is 0 Å². The predicted octanol–water partition coefficient (Wildman–Crippen LogP) is 6.96. The van der Waals surface area contributed by atoms with E-state index in [-0.39, 0.29) is 52.2 Å². The molecule has 0 spiro atoms. The van der Waals surface area contributed by atoms with Crippen LogP contribution in [0.15, 0.2) is 103 Å². The minimum Gasteiger partial charge on any atom is -0.468 e. The van der Waals surface area contributed by atoms with E-state index in [1.165, 1.54) is 0 Å². The summed E-state index contributed by atoms with van der Waals surface area (Å²) < 4.78 is 75.0. The van der Waals surface area contributed by atoms with Gasteiger partial charge in [0.1, 0.15) is 18.3 Å². The van der Waals surface area contributed by atoms with Crippen LogP contribution in [0.1, 0.15) is 46.7 Å². The summed E-state index contributed by atoms with van der Waals surface area (Å²) in [4.78, 5) is 11.1. The van der Waals surface area contributed by atoms with Crippen LogP contribution in [0, 0.1) is 5.92 Å². The van der Waals surface area contributed by atoms with Crippen LogP contribution < -0.4 is 14.8 Å². The van der Waals surface area contributed by atoms with Gasteiger partial charge in [-0.2, -0.15) is 0 Å². The van der Waals surface area contributed by atoms with Gasteiger partial charge in [-0.15, -0.1) is 0 Å². The third-order valence-electron chi connectivity index (χ3n) is 10.1. The lowest BCUT2D eigenvalue weighted by Gasteiger charge is -2.44. The van der Waals surface area contributed by atoms with Crippen LogP contribution in [-0.2, 0) is 54.7 Å². The summed E-state index contributed by atoms with van der Waals surface area (Å²) in [6, 6.07) is 32.2. The molecule has 0 bridgehead atoms. The molecule has 1 saturated heterocycles. The molecule has 280 valence electrons. The molecule has 3 aliphatic rings. The molecule has 0 amide bonds. The van der Waals surface area contributed by atoms with Gasteiger partial charge in [-0.25, -0.2) is 8.78 Å². The zero-order valence-corrected chi connectivity index (χ0v) is 29.4. The molecule has 1 aliphatic carbocycles. The summed E-state index contributed by atoms with van der Waals surface area (Å²) in [6.07, 6.45) is -2.55. The van der Waals surface area contributed by atoms with Gasteiger partial charge in [-0.1, -0.05) is 91.0 Å². The topological polar surface area (TPSA) is 93.7 Å². The van der Waals surface area contributed by atoms with Gasteiger partial charge in [0.05, 0.1) is 45.7 Å². The minimum absolute atomic E-state index is 0.0217. The van der Waals surface area contributed by atoms with Crippen molar-refractivity contribution in [3.63, 3.8) is 0 Å². The number of carbonyl (C=O) groups excluding carboxylic acids is 1. The fourth-order valence-corrected chi connectivity index (χ4v) is 7.37. The first-order chi connectivity index (χ1) is 26.0. The summed E-state index contributed by atoms with van der Waals surface area (Å²) in [5.41, 5.74) is 4.62. The van der Waals surface area contributed by atoms with Crippen molar-refractivity contribution >= 4 is 6.47 Å². The van der Waals surface area contributed by atoms with E-state index in [2.05, 4.69) is 5.32 Å². The number of halogens is 2. The number of ether oxygens (including phenoxy) is 7. The number of hydrogen-bond acceptors (Lipinski definition) is 9. The molecule has 53 heavy (non-hydrogen) atoms.